The molecule has 0 saturated heterocycles. The van der Waals surface area contributed by atoms with Crippen LogP contribution in [0.5, 0.6) is 0 Å². The van der Waals surface area contributed by atoms with Gasteiger partial charge in [-0.1, -0.05) is 24.3 Å². The highest BCUT2D eigenvalue weighted by Gasteiger charge is 2.19. The number of anilines is 1. The predicted octanol–water partition coefficient (Wildman–Crippen LogP) is 4.31. The van der Waals surface area contributed by atoms with E-state index in [0.717, 1.165) is 30.6 Å². The number of halogens is 1. The molecule has 0 aromatic heterocycles. The molecule has 0 heterocycles. The van der Waals surface area contributed by atoms with Crippen LogP contribution < -0.4 is 4.90 Å². The van der Waals surface area contributed by atoms with Gasteiger partial charge in [0.1, 0.15) is 0 Å². The Morgan fingerprint density at radius 3 is 2.50 bits per heavy atom. The normalized spacial score (nSPS) is 15.4. The predicted molar refractivity (Wildman–Crippen MR) is 66.7 cm³/mol. The van der Waals surface area contributed by atoms with Gasteiger partial charge in [-0.25, -0.2) is 0 Å². The number of rotatable bonds is 2. The van der Waals surface area contributed by atoms with Gasteiger partial charge in [0, 0.05) is 11.4 Å². The van der Waals surface area contributed by atoms with Gasteiger partial charge in [0.05, 0.1) is 0 Å². The first-order valence-electron chi connectivity index (χ1n) is 5.53. The third-order valence-corrected chi connectivity index (χ3v) is 2.91. The summed E-state index contributed by atoms with van der Waals surface area (Å²) in [6, 6.07) is 9.54. The minimum Gasteiger partial charge on any atom is -0.272 e. The Bertz CT molecular complexity index is 400. The number of carbonyl (C=O) groups is 1. The first-order chi connectivity index (χ1) is 7.79. The van der Waals surface area contributed by atoms with E-state index in [1.807, 2.05) is 30.3 Å². The van der Waals surface area contributed by atoms with Crippen molar-refractivity contribution < 1.29 is 4.79 Å². The van der Waals surface area contributed by atoms with Crippen molar-refractivity contribution in [3.05, 3.63) is 42.1 Å². The lowest BCUT2D eigenvalue weighted by Gasteiger charge is -2.25. The summed E-state index contributed by atoms with van der Waals surface area (Å²) in [5.74, 6) is 0. The topological polar surface area (TPSA) is 20.3 Å². The standard InChI is InChI=1S/C13H14ClNO/c14-13(16)15(11-7-3-1-4-8-11)12-9-5-2-6-10-12/h1,3-4,7-9H,2,5-6,10H2. The maximum Gasteiger partial charge on any atom is 0.325 e. The molecule has 3 heteroatoms. The number of para-hydroxylation sites is 1. The van der Waals surface area contributed by atoms with Crippen molar-refractivity contribution >= 4 is 22.7 Å². The van der Waals surface area contributed by atoms with Gasteiger partial charge in [-0.2, -0.15) is 0 Å². The summed E-state index contributed by atoms with van der Waals surface area (Å²) in [5, 5.41) is -0.431. The second-order valence-electron chi connectivity index (χ2n) is 3.87. The molecule has 1 aliphatic carbocycles. The van der Waals surface area contributed by atoms with Crippen LogP contribution >= 0.6 is 11.6 Å². The first kappa shape index (κ1) is 11.2. The van der Waals surface area contributed by atoms with E-state index in [-0.39, 0.29) is 0 Å². The molecule has 84 valence electrons. The van der Waals surface area contributed by atoms with Crippen LogP contribution in [-0.4, -0.2) is 5.37 Å². The quantitative estimate of drug-likeness (QED) is 0.553. The fourth-order valence-electron chi connectivity index (χ4n) is 1.98. The van der Waals surface area contributed by atoms with Crippen molar-refractivity contribution in [1.82, 2.24) is 0 Å². The van der Waals surface area contributed by atoms with Crippen molar-refractivity contribution in [2.24, 2.45) is 0 Å². The average molecular weight is 236 g/mol. The second-order valence-corrected chi connectivity index (χ2v) is 4.19. The van der Waals surface area contributed by atoms with Crippen molar-refractivity contribution in [1.29, 1.82) is 0 Å². The van der Waals surface area contributed by atoms with Gasteiger partial charge in [0.15, 0.2) is 0 Å². The molecule has 1 aliphatic rings. The highest BCUT2D eigenvalue weighted by Crippen LogP contribution is 2.27. The lowest BCUT2D eigenvalue weighted by atomic mass is 10.0. The Kier molecular flexibility index (Phi) is 3.62. The average Bonchev–Trinajstić information content (AvgIpc) is 2.31. The van der Waals surface area contributed by atoms with E-state index in [1.165, 1.54) is 6.42 Å². The Balaban J connectivity index is 2.31. The molecular formula is C13H14ClNO. The Hall–Kier alpha value is -1.28. The molecule has 0 aliphatic heterocycles. The number of allylic oxidation sites excluding steroid dienone is 2. The largest absolute Gasteiger partial charge is 0.325 e. The van der Waals surface area contributed by atoms with Crippen LogP contribution in [0.15, 0.2) is 42.1 Å². The summed E-state index contributed by atoms with van der Waals surface area (Å²) in [6.07, 6.45) is 6.38. The maximum atomic E-state index is 11.5. The van der Waals surface area contributed by atoms with Crippen LogP contribution in [0.25, 0.3) is 0 Å². The molecule has 0 N–H and O–H groups in total. The molecule has 2 rings (SSSR count). The zero-order chi connectivity index (χ0) is 11.4. The van der Waals surface area contributed by atoms with Crippen LogP contribution in [0.1, 0.15) is 25.7 Å². The van der Waals surface area contributed by atoms with Gasteiger partial charge in [0.2, 0.25) is 0 Å². The van der Waals surface area contributed by atoms with E-state index < -0.39 is 5.37 Å². The highest BCUT2D eigenvalue weighted by atomic mass is 35.5. The number of hydrogen-bond acceptors (Lipinski definition) is 1. The number of carbonyl (C=O) groups excluding carboxylic acids is 1. The number of nitrogens with zero attached hydrogens (tertiary/aromatic N) is 1. The summed E-state index contributed by atoms with van der Waals surface area (Å²) in [5.41, 5.74) is 1.87. The fraction of sp³-hybridized carbons (Fsp3) is 0.308. The van der Waals surface area contributed by atoms with Gasteiger partial charge in [0.25, 0.3) is 0 Å². The van der Waals surface area contributed by atoms with Gasteiger partial charge in [-0.05, 0) is 49.4 Å². The van der Waals surface area contributed by atoms with E-state index in [9.17, 15) is 4.79 Å². The number of hydrogen-bond donors (Lipinski definition) is 0. The molecule has 1 aromatic carbocycles. The smallest absolute Gasteiger partial charge is 0.272 e. The van der Waals surface area contributed by atoms with Crippen LogP contribution in [0.2, 0.25) is 0 Å². The van der Waals surface area contributed by atoms with Crippen LogP contribution in [-0.2, 0) is 0 Å². The SMILES string of the molecule is O=C(Cl)N(C1=CCCCC1)c1ccccc1. The molecule has 0 radical (unpaired) electrons. The van der Waals surface area contributed by atoms with E-state index in [0.29, 0.717) is 0 Å². The summed E-state index contributed by atoms with van der Waals surface area (Å²) in [7, 11) is 0. The molecule has 0 unspecified atom stereocenters. The van der Waals surface area contributed by atoms with E-state index in [1.54, 1.807) is 4.90 Å². The monoisotopic (exact) mass is 235 g/mol. The van der Waals surface area contributed by atoms with Gasteiger partial charge in [-0.3, -0.25) is 9.69 Å². The van der Waals surface area contributed by atoms with Crippen LogP contribution in [0.3, 0.4) is 0 Å². The van der Waals surface area contributed by atoms with Gasteiger partial charge >= 0.3 is 5.37 Å². The Labute approximate surface area is 101 Å². The minimum atomic E-state index is -0.431. The third kappa shape index (κ3) is 2.45. The van der Waals surface area contributed by atoms with E-state index in [4.69, 9.17) is 11.6 Å². The van der Waals surface area contributed by atoms with Crippen molar-refractivity contribution in [2.45, 2.75) is 25.7 Å². The fourth-order valence-corrected chi connectivity index (χ4v) is 2.19. The minimum absolute atomic E-state index is 0.431. The number of benzene rings is 1. The molecule has 1 aromatic rings. The van der Waals surface area contributed by atoms with E-state index >= 15 is 0 Å². The summed E-state index contributed by atoms with van der Waals surface area (Å²) < 4.78 is 0. The number of amides is 1. The third-order valence-electron chi connectivity index (χ3n) is 2.74. The molecular weight excluding hydrogens is 222 g/mol. The molecule has 1 amide bonds. The second kappa shape index (κ2) is 5.17. The molecule has 0 atom stereocenters. The highest BCUT2D eigenvalue weighted by molar-refractivity contribution is 6.66. The Morgan fingerprint density at radius 1 is 1.19 bits per heavy atom. The van der Waals surface area contributed by atoms with Crippen LogP contribution in [0.4, 0.5) is 10.5 Å². The van der Waals surface area contributed by atoms with Crippen molar-refractivity contribution in [3.63, 3.8) is 0 Å². The van der Waals surface area contributed by atoms with Crippen molar-refractivity contribution in [3.8, 4) is 0 Å². The van der Waals surface area contributed by atoms with Gasteiger partial charge in [-0.15, -0.1) is 0 Å². The van der Waals surface area contributed by atoms with Crippen LogP contribution in [0, 0.1) is 0 Å². The zero-order valence-corrected chi connectivity index (χ0v) is 9.78. The molecule has 16 heavy (non-hydrogen) atoms. The summed E-state index contributed by atoms with van der Waals surface area (Å²) in [6.45, 7) is 0. The molecule has 0 bridgehead atoms. The lowest BCUT2D eigenvalue weighted by molar-refractivity contribution is 0.265. The Morgan fingerprint density at radius 2 is 1.94 bits per heavy atom. The first-order valence-corrected chi connectivity index (χ1v) is 5.90. The van der Waals surface area contributed by atoms with Gasteiger partial charge < -0.3 is 0 Å². The molecule has 2 nitrogen and oxygen atoms in total. The van der Waals surface area contributed by atoms with E-state index in [2.05, 4.69) is 6.08 Å². The lowest BCUT2D eigenvalue weighted by Crippen LogP contribution is -2.25. The van der Waals surface area contributed by atoms with Crippen molar-refractivity contribution in [2.75, 3.05) is 4.90 Å². The maximum absolute atomic E-state index is 11.5. The summed E-state index contributed by atoms with van der Waals surface area (Å²) in [4.78, 5) is 13.1. The summed E-state index contributed by atoms with van der Waals surface area (Å²) >= 11 is 5.66. The molecule has 0 fully saturated rings. The zero-order valence-electron chi connectivity index (χ0n) is 9.03. The molecule has 0 spiro atoms. The molecule has 0 saturated carbocycles.